The maximum atomic E-state index is 13.3. The Balaban J connectivity index is 2.04. The molecule has 7 heteroatoms. The molecule has 28 heavy (non-hydrogen) atoms. The summed E-state index contributed by atoms with van der Waals surface area (Å²) in [6, 6.07) is 10.1. The van der Waals surface area contributed by atoms with Crippen LogP contribution in [-0.4, -0.2) is 23.1 Å². The summed E-state index contributed by atoms with van der Waals surface area (Å²) in [5, 5.41) is 2.93. The number of hydrogen-bond donors (Lipinski definition) is 1. The van der Waals surface area contributed by atoms with Crippen molar-refractivity contribution in [1.82, 2.24) is 4.57 Å². The smallest absolute Gasteiger partial charge is 0.343 e. The third kappa shape index (κ3) is 3.78. The molecular weight excluding hydrogens is 363 g/mol. The average Bonchev–Trinajstić information content (AvgIpc) is 2.68. The van der Waals surface area contributed by atoms with E-state index in [-0.39, 0.29) is 23.1 Å². The maximum absolute atomic E-state index is 13.3. The molecule has 6 nitrogen and oxygen atoms in total. The molecule has 0 aliphatic heterocycles. The van der Waals surface area contributed by atoms with E-state index in [0.717, 1.165) is 6.07 Å². The third-order valence-corrected chi connectivity index (χ3v) is 4.26. The molecule has 0 unspecified atom stereocenters. The molecule has 144 valence electrons. The summed E-state index contributed by atoms with van der Waals surface area (Å²) < 4.78 is 20.1. The van der Waals surface area contributed by atoms with E-state index in [9.17, 15) is 18.8 Å². The summed E-state index contributed by atoms with van der Waals surface area (Å²) in [5.41, 5.74) is 0.614. The molecule has 0 fully saturated rings. The number of benzene rings is 2. The van der Waals surface area contributed by atoms with Crippen LogP contribution in [0.3, 0.4) is 0 Å². The molecule has 3 rings (SSSR count). The molecule has 0 aliphatic carbocycles. The van der Waals surface area contributed by atoms with Gasteiger partial charge in [-0.25, -0.2) is 9.18 Å². The number of carbonyl (C=O) groups excluding carboxylic acids is 2. The first kappa shape index (κ1) is 19.3. The lowest BCUT2D eigenvalue weighted by Crippen LogP contribution is -2.21. The Bertz CT molecular complexity index is 1120. The number of anilines is 1. The molecule has 1 amide bonds. The SMILES string of the molecule is CCOC(=O)c1cn(CC)c2ccc(NC(=O)c3cccc(F)c3)cc2c1=O. The first-order chi connectivity index (χ1) is 13.4. The Morgan fingerprint density at radius 1 is 1.14 bits per heavy atom. The molecule has 1 N–H and O–H groups in total. The molecule has 1 heterocycles. The third-order valence-electron chi connectivity index (χ3n) is 4.26. The van der Waals surface area contributed by atoms with Gasteiger partial charge in [-0.1, -0.05) is 6.07 Å². The van der Waals surface area contributed by atoms with Crippen molar-refractivity contribution in [2.75, 3.05) is 11.9 Å². The summed E-state index contributed by atoms with van der Waals surface area (Å²) in [6.07, 6.45) is 1.48. The van der Waals surface area contributed by atoms with E-state index in [1.807, 2.05) is 6.92 Å². The lowest BCUT2D eigenvalue weighted by atomic mass is 10.1. The number of aryl methyl sites for hydroxylation is 1. The summed E-state index contributed by atoms with van der Waals surface area (Å²) in [5.74, 6) is -1.71. The van der Waals surface area contributed by atoms with Gasteiger partial charge in [0.1, 0.15) is 11.4 Å². The predicted octanol–water partition coefficient (Wildman–Crippen LogP) is 3.59. The fraction of sp³-hybridized carbons (Fsp3) is 0.190. The van der Waals surface area contributed by atoms with Gasteiger partial charge in [-0.05, 0) is 50.2 Å². The summed E-state index contributed by atoms with van der Waals surface area (Å²) in [7, 11) is 0. The topological polar surface area (TPSA) is 77.4 Å². The molecule has 0 saturated carbocycles. The second-order valence-corrected chi connectivity index (χ2v) is 6.07. The molecule has 1 aromatic heterocycles. The Kier molecular flexibility index (Phi) is 5.54. The van der Waals surface area contributed by atoms with Crippen LogP contribution < -0.4 is 10.7 Å². The lowest BCUT2D eigenvalue weighted by Gasteiger charge is -2.13. The van der Waals surface area contributed by atoms with E-state index >= 15 is 0 Å². The van der Waals surface area contributed by atoms with Gasteiger partial charge < -0.3 is 14.6 Å². The van der Waals surface area contributed by atoms with Crippen molar-refractivity contribution < 1.29 is 18.7 Å². The number of pyridine rings is 1. The van der Waals surface area contributed by atoms with Crippen LogP contribution in [0.5, 0.6) is 0 Å². The van der Waals surface area contributed by atoms with E-state index in [4.69, 9.17) is 4.74 Å². The van der Waals surface area contributed by atoms with Crippen molar-refractivity contribution in [2.45, 2.75) is 20.4 Å². The Morgan fingerprint density at radius 2 is 1.93 bits per heavy atom. The van der Waals surface area contributed by atoms with E-state index in [1.54, 1.807) is 23.6 Å². The monoisotopic (exact) mass is 382 g/mol. The van der Waals surface area contributed by atoms with Crippen LogP contribution in [0, 0.1) is 5.82 Å². The van der Waals surface area contributed by atoms with Crippen LogP contribution >= 0.6 is 0 Å². The van der Waals surface area contributed by atoms with Gasteiger partial charge in [0, 0.05) is 29.4 Å². The fourth-order valence-corrected chi connectivity index (χ4v) is 2.92. The minimum atomic E-state index is -0.689. The normalized spacial score (nSPS) is 10.7. The Morgan fingerprint density at radius 3 is 2.61 bits per heavy atom. The van der Waals surface area contributed by atoms with Gasteiger partial charge in [-0.15, -0.1) is 0 Å². The number of rotatable bonds is 5. The van der Waals surface area contributed by atoms with Crippen molar-refractivity contribution >= 4 is 28.5 Å². The Hall–Kier alpha value is -3.48. The van der Waals surface area contributed by atoms with Crippen LogP contribution in [0.15, 0.2) is 53.5 Å². The van der Waals surface area contributed by atoms with Crippen molar-refractivity contribution in [1.29, 1.82) is 0 Å². The van der Waals surface area contributed by atoms with E-state index in [0.29, 0.717) is 17.7 Å². The summed E-state index contributed by atoms with van der Waals surface area (Å²) >= 11 is 0. The van der Waals surface area contributed by atoms with Crippen LogP contribution in [-0.2, 0) is 11.3 Å². The standard InChI is InChI=1S/C21H19FN2O4/c1-3-24-12-17(21(27)28-4-2)19(25)16-11-15(8-9-18(16)24)23-20(26)13-6-5-7-14(22)10-13/h5-12H,3-4H2,1-2H3,(H,23,26). The number of halogens is 1. The highest BCUT2D eigenvalue weighted by Gasteiger charge is 2.17. The molecule has 2 aromatic carbocycles. The number of ether oxygens (including phenoxy) is 1. The Labute approximate surface area is 160 Å². The van der Waals surface area contributed by atoms with Crippen LogP contribution in [0.4, 0.5) is 10.1 Å². The summed E-state index contributed by atoms with van der Waals surface area (Å²) in [4.78, 5) is 37.2. The van der Waals surface area contributed by atoms with Gasteiger partial charge in [0.25, 0.3) is 5.91 Å². The first-order valence-corrected chi connectivity index (χ1v) is 8.85. The van der Waals surface area contributed by atoms with Gasteiger partial charge in [-0.2, -0.15) is 0 Å². The van der Waals surface area contributed by atoms with E-state index in [1.165, 1.54) is 30.5 Å². The van der Waals surface area contributed by atoms with Crippen LogP contribution in [0.25, 0.3) is 10.9 Å². The number of nitrogens with zero attached hydrogens (tertiary/aromatic N) is 1. The highest BCUT2D eigenvalue weighted by molar-refractivity contribution is 6.05. The highest BCUT2D eigenvalue weighted by Crippen LogP contribution is 2.19. The van der Waals surface area contributed by atoms with Crippen LogP contribution in [0.1, 0.15) is 34.6 Å². The fourth-order valence-electron chi connectivity index (χ4n) is 2.92. The minimum Gasteiger partial charge on any atom is -0.462 e. The maximum Gasteiger partial charge on any atom is 0.343 e. The van der Waals surface area contributed by atoms with Crippen LogP contribution in [0.2, 0.25) is 0 Å². The van der Waals surface area contributed by atoms with Gasteiger partial charge in [0.15, 0.2) is 0 Å². The molecule has 0 radical (unpaired) electrons. The zero-order chi connectivity index (χ0) is 20.3. The number of esters is 1. The van der Waals surface area contributed by atoms with E-state index in [2.05, 4.69) is 5.32 Å². The second kappa shape index (κ2) is 8.04. The average molecular weight is 382 g/mol. The molecule has 3 aromatic rings. The number of nitrogens with one attached hydrogen (secondary N) is 1. The second-order valence-electron chi connectivity index (χ2n) is 6.07. The van der Waals surface area contributed by atoms with Crippen molar-refractivity contribution in [2.24, 2.45) is 0 Å². The van der Waals surface area contributed by atoms with Crippen molar-refractivity contribution in [3.63, 3.8) is 0 Å². The largest absolute Gasteiger partial charge is 0.462 e. The summed E-state index contributed by atoms with van der Waals surface area (Å²) in [6.45, 7) is 4.25. The number of amides is 1. The predicted molar refractivity (Wildman–Crippen MR) is 104 cm³/mol. The van der Waals surface area contributed by atoms with Gasteiger partial charge in [-0.3, -0.25) is 9.59 Å². The first-order valence-electron chi connectivity index (χ1n) is 8.85. The number of aromatic nitrogens is 1. The van der Waals surface area contributed by atoms with Crippen molar-refractivity contribution in [3.05, 3.63) is 75.8 Å². The van der Waals surface area contributed by atoms with Gasteiger partial charge >= 0.3 is 5.97 Å². The quantitative estimate of drug-likeness (QED) is 0.684. The lowest BCUT2D eigenvalue weighted by molar-refractivity contribution is 0.0524. The van der Waals surface area contributed by atoms with Gasteiger partial charge in [0.2, 0.25) is 5.43 Å². The zero-order valence-corrected chi connectivity index (χ0v) is 15.5. The number of hydrogen-bond acceptors (Lipinski definition) is 4. The van der Waals surface area contributed by atoms with Crippen molar-refractivity contribution in [3.8, 4) is 0 Å². The number of carbonyl (C=O) groups is 2. The molecule has 0 spiro atoms. The molecular formula is C21H19FN2O4. The number of fused-ring (bicyclic) bond motifs is 1. The molecule has 0 bridgehead atoms. The highest BCUT2D eigenvalue weighted by atomic mass is 19.1. The molecule has 0 aliphatic rings. The minimum absolute atomic E-state index is 0.0650. The van der Waals surface area contributed by atoms with E-state index < -0.39 is 23.1 Å². The molecule has 0 atom stereocenters. The molecule has 0 saturated heterocycles. The van der Waals surface area contributed by atoms with Gasteiger partial charge in [0.05, 0.1) is 12.1 Å². The zero-order valence-electron chi connectivity index (χ0n) is 15.5.